The zero-order chi connectivity index (χ0) is 25.2. The molecule has 1 heterocycles. The van der Waals surface area contributed by atoms with Gasteiger partial charge in [-0.3, -0.25) is 0 Å². The van der Waals surface area contributed by atoms with E-state index in [0.717, 1.165) is 23.8 Å². The second-order valence-electron chi connectivity index (χ2n) is 10.1. The Bertz CT molecular complexity index is 1270. The van der Waals surface area contributed by atoms with Gasteiger partial charge in [0.15, 0.2) is 0 Å². The molecule has 3 aromatic rings. The summed E-state index contributed by atoms with van der Waals surface area (Å²) in [7, 11) is 0. The van der Waals surface area contributed by atoms with E-state index >= 15 is 0 Å². The second kappa shape index (κ2) is 9.76. The Labute approximate surface area is 204 Å². The smallest absolute Gasteiger partial charge is 0.137 e. The third kappa shape index (κ3) is 5.97. The van der Waals surface area contributed by atoms with Crippen molar-refractivity contribution in [1.29, 1.82) is 5.26 Å². The first-order chi connectivity index (χ1) is 16.6. The third-order valence-electron chi connectivity index (χ3n) is 5.76. The minimum atomic E-state index is -0.500. The summed E-state index contributed by atoms with van der Waals surface area (Å²) in [4.78, 5) is 8.76. The highest BCUT2D eigenvalue weighted by Crippen LogP contribution is 2.32. The molecular formula is C26H31FN8. The van der Waals surface area contributed by atoms with Gasteiger partial charge >= 0.3 is 0 Å². The fourth-order valence-electron chi connectivity index (χ4n) is 3.73. The Hall–Kier alpha value is -3.90. The van der Waals surface area contributed by atoms with E-state index < -0.39 is 6.04 Å². The molecule has 1 fully saturated rings. The number of nitrogens with zero attached hydrogens (tertiary/aromatic N) is 4. The summed E-state index contributed by atoms with van der Waals surface area (Å²) in [6, 6.07) is 11.8. The average Bonchev–Trinajstić information content (AvgIpc) is 3.66. The Kier molecular flexibility index (Phi) is 6.76. The standard InChI is InChI=1S/C26H31FN8/c1-26(2,3)14-31-25-21-11-19(10-17(12-28)23(21)32-15-33-25)34-24(16-4-6-18(27)7-5-16)22(29)13-35(30)20-8-9-20/h4-7,10-11,13,15,20,24,34H,8-9,14,29-30H2,1-3H3,(H,31,32,33)/b22-13-. The lowest BCUT2D eigenvalue weighted by Crippen LogP contribution is -2.30. The number of hydrazine groups is 1. The highest BCUT2D eigenvalue weighted by atomic mass is 19.1. The Morgan fingerprint density at radius 3 is 2.60 bits per heavy atom. The molecule has 1 aromatic heterocycles. The number of fused-ring (bicyclic) bond motifs is 1. The van der Waals surface area contributed by atoms with Crippen molar-refractivity contribution < 1.29 is 4.39 Å². The van der Waals surface area contributed by atoms with E-state index in [1.54, 1.807) is 29.4 Å². The molecule has 0 aliphatic heterocycles. The van der Waals surface area contributed by atoms with Gasteiger partial charge in [-0.05, 0) is 48.1 Å². The van der Waals surface area contributed by atoms with Crippen molar-refractivity contribution in [2.75, 3.05) is 17.2 Å². The molecule has 0 radical (unpaired) electrons. The van der Waals surface area contributed by atoms with Crippen LogP contribution in [0.2, 0.25) is 0 Å². The van der Waals surface area contributed by atoms with Crippen LogP contribution in [0.4, 0.5) is 15.9 Å². The van der Waals surface area contributed by atoms with E-state index in [9.17, 15) is 9.65 Å². The van der Waals surface area contributed by atoms with Gasteiger partial charge < -0.3 is 21.4 Å². The van der Waals surface area contributed by atoms with Crippen LogP contribution in [0, 0.1) is 22.6 Å². The van der Waals surface area contributed by atoms with Crippen molar-refractivity contribution >= 4 is 22.4 Å². The quantitative estimate of drug-likeness (QED) is 0.279. The fraction of sp³-hybridized carbons (Fsp3) is 0.346. The van der Waals surface area contributed by atoms with E-state index in [-0.39, 0.29) is 17.3 Å². The number of anilines is 2. The Balaban J connectivity index is 1.74. The Morgan fingerprint density at radius 1 is 1.26 bits per heavy atom. The summed E-state index contributed by atoms with van der Waals surface area (Å²) in [6.45, 7) is 7.07. The highest BCUT2D eigenvalue weighted by Gasteiger charge is 2.26. The lowest BCUT2D eigenvalue weighted by molar-refractivity contribution is 0.378. The van der Waals surface area contributed by atoms with Crippen LogP contribution in [0.5, 0.6) is 0 Å². The molecule has 1 unspecified atom stereocenters. The first kappa shape index (κ1) is 24.2. The van der Waals surface area contributed by atoms with Gasteiger partial charge in [0.25, 0.3) is 0 Å². The fourth-order valence-corrected chi connectivity index (χ4v) is 3.73. The van der Waals surface area contributed by atoms with Crippen molar-refractivity contribution in [3.8, 4) is 6.07 Å². The van der Waals surface area contributed by atoms with Gasteiger partial charge in [0.1, 0.15) is 24.0 Å². The molecule has 1 aliphatic carbocycles. The van der Waals surface area contributed by atoms with E-state index in [4.69, 9.17) is 11.6 Å². The van der Waals surface area contributed by atoms with Crippen LogP contribution in [-0.2, 0) is 0 Å². The molecule has 1 saturated carbocycles. The molecule has 0 spiro atoms. The van der Waals surface area contributed by atoms with Gasteiger partial charge in [-0.1, -0.05) is 32.9 Å². The van der Waals surface area contributed by atoms with E-state index in [1.165, 1.54) is 18.5 Å². The van der Waals surface area contributed by atoms with Crippen molar-refractivity contribution in [2.45, 2.75) is 45.7 Å². The molecule has 6 N–H and O–H groups in total. The lowest BCUT2D eigenvalue weighted by atomic mass is 9.97. The summed E-state index contributed by atoms with van der Waals surface area (Å²) in [5.41, 5.74) is 9.39. The van der Waals surface area contributed by atoms with E-state index in [2.05, 4.69) is 47.4 Å². The number of nitrogens with two attached hydrogens (primary N) is 2. The van der Waals surface area contributed by atoms with Crippen molar-refractivity contribution in [2.24, 2.45) is 17.0 Å². The number of nitriles is 1. The van der Waals surface area contributed by atoms with Crippen molar-refractivity contribution in [3.05, 3.63) is 71.6 Å². The largest absolute Gasteiger partial charge is 0.399 e. The van der Waals surface area contributed by atoms with Gasteiger partial charge in [-0.2, -0.15) is 5.26 Å². The van der Waals surface area contributed by atoms with Crippen LogP contribution in [0.25, 0.3) is 10.9 Å². The molecule has 0 saturated heterocycles. The number of aromatic nitrogens is 2. The normalized spacial score (nSPS) is 14.9. The number of benzene rings is 2. The molecule has 182 valence electrons. The van der Waals surface area contributed by atoms with Gasteiger partial charge in [0.05, 0.1) is 22.8 Å². The highest BCUT2D eigenvalue weighted by molar-refractivity contribution is 5.95. The minimum absolute atomic E-state index is 0.0355. The molecule has 0 bridgehead atoms. The van der Waals surface area contributed by atoms with Crippen LogP contribution in [0.15, 0.2) is 54.6 Å². The number of hydrogen-bond donors (Lipinski definition) is 4. The van der Waals surface area contributed by atoms with Gasteiger partial charge in [-0.15, -0.1) is 0 Å². The molecule has 9 heteroatoms. The van der Waals surface area contributed by atoms with Gasteiger partial charge in [0, 0.05) is 29.9 Å². The molecule has 8 nitrogen and oxygen atoms in total. The first-order valence-corrected chi connectivity index (χ1v) is 11.6. The van der Waals surface area contributed by atoms with Crippen molar-refractivity contribution in [3.63, 3.8) is 0 Å². The van der Waals surface area contributed by atoms with Crippen LogP contribution in [0.3, 0.4) is 0 Å². The minimum Gasteiger partial charge on any atom is -0.399 e. The summed E-state index contributed by atoms with van der Waals surface area (Å²) in [5.74, 6) is 6.45. The number of rotatable bonds is 8. The molecule has 1 atom stereocenters. The lowest BCUT2D eigenvalue weighted by Gasteiger charge is -2.24. The maximum Gasteiger partial charge on any atom is 0.137 e. The maximum absolute atomic E-state index is 13.6. The number of hydrogen-bond acceptors (Lipinski definition) is 8. The SMILES string of the molecule is CC(C)(C)CNc1ncnc2c(C#N)cc(NC(/C(N)=C/N(N)C3CC3)c3ccc(F)cc3)cc12. The number of halogens is 1. The van der Waals surface area contributed by atoms with Crippen LogP contribution in [0.1, 0.15) is 50.8 Å². The Morgan fingerprint density at radius 2 is 1.97 bits per heavy atom. The summed E-state index contributed by atoms with van der Waals surface area (Å²) >= 11 is 0. The van der Waals surface area contributed by atoms with Crippen LogP contribution < -0.4 is 22.2 Å². The molecule has 0 amide bonds. The molecule has 4 rings (SSSR count). The molecule has 35 heavy (non-hydrogen) atoms. The van der Waals surface area contributed by atoms with Crippen LogP contribution in [-0.4, -0.2) is 27.6 Å². The molecule has 2 aromatic carbocycles. The van der Waals surface area contributed by atoms with Crippen molar-refractivity contribution in [1.82, 2.24) is 15.0 Å². The molecular weight excluding hydrogens is 443 g/mol. The number of nitrogens with one attached hydrogen (secondary N) is 2. The predicted molar refractivity (Wildman–Crippen MR) is 136 cm³/mol. The third-order valence-corrected chi connectivity index (χ3v) is 5.76. The van der Waals surface area contributed by atoms with Gasteiger partial charge in [0.2, 0.25) is 0 Å². The topological polar surface area (TPSA) is 129 Å². The predicted octanol–water partition coefficient (Wildman–Crippen LogP) is 4.39. The second-order valence-corrected chi connectivity index (χ2v) is 10.1. The zero-order valence-corrected chi connectivity index (χ0v) is 20.2. The maximum atomic E-state index is 13.6. The summed E-state index contributed by atoms with van der Waals surface area (Å²) in [5, 5.41) is 19.0. The van der Waals surface area contributed by atoms with E-state index in [1.807, 2.05) is 6.07 Å². The average molecular weight is 475 g/mol. The first-order valence-electron chi connectivity index (χ1n) is 11.6. The summed E-state index contributed by atoms with van der Waals surface area (Å²) in [6.07, 6.45) is 5.21. The monoisotopic (exact) mass is 474 g/mol. The summed E-state index contributed by atoms with van der Waals surface area (Å²) < 4.78 is 13.6. The van der Waals surface area contributed by atoms with Gasteiger partial charge in [-0.25, -0.2) is 20.2 Å². The molecule has 1 aliphatic rings. The zero-order valence-electron chi connectivity index (χ0n) is 20.2. The van der Waals surface area contributed by atoms with Crippen LogP contribution >= 0.6 is 0 Å². The van der Waals surface area contributed by atoms with E-state index in [0.29, 0.717) is 34.8 Å².